The second kappa shape index (κ2) is 5.00. The summed E-state index contributed by atoms with van der Waals surface area (Å²) >= 11 is 2.17. The van der Waals surface area contributed by atoms with Crippen molar-refractivity contribution in [2.75, 3.05) is 5.73 Å². The molecule has 0 aliphatic carbocycles. The highest BCUT2D eigenvalue weighted by atomic mass is 127. The molecule has 0 spiro atoms. The summed E-state index contributed by atoms with van der Waals surface area (Å²) in [6, 6.07) is 8.39. The van der Waals surface area contributed by atoms with Crippen LogP contribution in [-0.4, -0.2) is 9.97 Å². The van der Waals surface area contributed by atoms with E-state index in [1.807, 2.05) is 6.92 Å². The van der Waals surface area contributed by atoms with Crippen LogP contribution in [0.15, 0.2) is 24.3 Å². The zero-order valence-corrected chi connectivity index (χ0v) is 12.0. The molecule has 0 aliphatic rings. The molecule has 88 valence electrons. The molecule has 17 heavy (non-hydrogen) atoms. The van der Waals surface area contributed by atoms with E-state index >= 15 is 0 Å². The minimum absolute atomic E-state index is 0.570. The van der Waals surface area contributed by atoms with Crippen molar-refractivity contribution in [1.29, 1.82) is 0 Å². The topological polar surface area (TPSA) is 51.8 Å². The monoisotopic (exact) mass is 339 g/mol. The smallest absolute Gasteiger partial charge is 0.140 e. The van der Waals surface area contributed by atoms with Gasteiger partial charge in [-0.05, 0) is 42.0 Å². The molecular weight excluding hydrogens is 325 g/mol. The molecule has 0 saturated heterocycles. The van der Waals surface area contributed by atoms with Crippen molar-refractivity contribution in [3.8, 4) is 0 Å². The molecule has 2 N–H and O–H groups in total. The largest absolute Gasteiger partial charge is 0.383 e. The second-order valence-corrected chi connectivity index (χ2v) is 5.17. The Bertz CT molecular complexity index is 512. The number of anilines is 1. The summed E-state index contributed by atoms with van der Waals surface area (Å²) in [7, 11) is 0. The first-order valence-corrected chi connectivity index (χ1v) is 6.48. The number of benzene rings is 1. The van der Waals surface area contributed by atoms with Gasteiger partial charge in [0.1, 0.15) is 11.6 Å². The van der Waals surface area contributed by atoms with Gasteiger partial charge in [0, 0.05) is 6.42 Å². The van der Waals surface area contributed by atoms with Crippen molar-refractivity contribution in [3.63, 3.8) is 0 Å². The predicted molar refractivity (Wildman–Crippen MR) is 77.9 cm³/mol. The van der Waals surface area contributed by atoms with Crippen molar-refractivity contribution >= 4 is 28.4 Å². The van der Waals surface area contributed by atoms with E-state index in [1.165, 1.54) is 11.1 Å². The van der Waals surface area contributed by atoms with E-state index in [-0.39, 0.29) is 0 Å². The van der Waals surface area contributed by atoms with Gasteiger partial charge < -0.3 is 5.73 Å². The Morgan fingerprint density at radius 3 is 2.35 bits per heavy atom. The predicted octanol–water partition coefficient (Wildman–Crippen LogP) is 2.87. The Morgan fingerprint density at radius 2 is 1.76 bits per heavy atom. The molecule has 2 rings (SSSR count). The fourth-order valence-electron chi connectivity index (χ4n) is 1.61. The molecule has 4 heteroatoms. The van der Waals surface area contributed by atoms with Crippen molar-refractivity contribution in [2.24, 2.45) is 0 Å². The van der Waals surface area contributed by atoms with E-state index in [0.29, 0.717) is 5.82 Å². The van der Waals surface area contributed by atoms with Crippen LogP contribution in [0, 0.1) is 17.4 Å². The number of rotatable bonds is 2. The summed E-state index contributed by atoms with van der Waals surface area (Å²) in [5.41, 5.74) is 9.25. The lowest BCUT2D eigenvalue weighted by molar-refractivity contribution is 0.940. The van der Waals surface area contributed by atoms with Crippen LogP contribution in [-0.2, 0) is 6.42 Å². The molecule has 3 nitrogen and oxygen atoms in total. The third kappa shape index (κ3) is 2.94. The van der Waals surface area contributed by atoms with Gasteiger partial charge in [-0.1, -0.05) is 29.8 Å². The van der Waals surface area contributed by atoms with Crippen molar-refractivity contribution in [2.45, 2.75) is 20.3 Å². The molecule has 0 bridgehead atoms. The number of aromatic nitrogens is 2. The third-order valence-electron chi connectivity index (χ3n) is 2.57. The molecule has 0 saturated carbocycles. The minimum atomic E-state index is 0.570. The van der Waals surface area contributed by atoms with E-state index in [4.69, 9.17) is 5.73 Å². The summed E-state index contributed by atoms with van der Waals surface area (Å²) in [6.45, 7) is 4.03. The summed E-state index contributed by atoms with van der Waals surface area (Å²) in [5, 5.41) is 0. The molecule has 0 radical (unpaired) electrons. The average molecular weight is 339 g/mol. The number of hydrogen-bond acceptors (Lipinski definition) is 3. The van der Waals surface area contributed by atoms with Gasteiger partial charge >= 0.3 is 0 Å². The van der Waals surface area contributed by atoms with Gasteiger partial charge in [-0.3, -0.25) is 0 Å². The molecule has 1 aromatic carbocycles. The van der Waals surface area contributed by atoms with E-state index in [9.17, 15) is 0 Å². The van der Waals surface area contributed by atoms with Crippen LogP contribution in [0.3, 0.4) is 0 Å². The minimum Gasteiger partial charge on any atom is -0.383 e. The SMILES string of the molecule is Cc1ccc(Cc2nc(C)c(I)c(N)n2)cc1. The van der Waals surface area contributed by atoms with Gasteiger partial charge in [0.05, 0.1) is 9.26 Å². The first-order valence-electron chi connectivity index (χ1n) is 5.40. The molecule has 0 fully saturated rings. The highest BCUT2D eigenvalue weighted by Crippen LogP contribution is 2.16. The number of halogens is 1. The standard InChI is InChI=1S/C13H14IN3/c1-8-3-5-10(6-4-8)7-11-16-9(2)12(14)13(15)17-11/h3-6H,7H2,1-2H3,(H2,15,16,17). The van der Waals surface area contributed by atoms with Crippen molar-refractivity contribution in [3.05, 3.63) is 50.5 Å². The summed E-state index contributed by atoms with van der Waals surface area (Å²) in [5.74, 6) is 1.35. The Labute approximate surface area is 115 Å². The van der Waals surface area contributed by atoms with Crippen LogP contribution < -0.4 is 5.73 Å². The van der Waals surface area contributed by atoms with Crippen LogP contribution in [0.5, 0.6) is 0 Å². The van der Waals surface area contributed by atoms with Crippen molar-refractivity contribution in [1.82, 2.24) is 9.97 Å². The maximum atomic E-state index is 5.84. The molecule has 0 unspecified atom stereocenters. The maximum absolute atomic E-state index is 5.84. The Kier molecular flexibility index (Phi) is 3.61. The number of hydrogen-bond donors (Lipinski definition) is 1. The maximum Gasteiger partial charge on any atom is 0.140 e. The fraction of sp³-hybridized carbons (Fsp3) is 0.231. The van der Waals surface area contributed by atoms with Crippen LogP contribution in [0.1, 0.15) is 22.6 Å². The van der Waals surface area contributed by atoms with Gasteiger partial charge in [-0.15, -0.1) is 0 Å². The van der Waals surface area contributed by atoms with Crippen LogP contribution >= 0.6 is 22.6 Å². The van der Waals surface area contributed by atoms with Crippen LogP contribution in [0.4, 0.5) is 5.82 Å². The van der Waals surface area contributed by atoms with E-state index in [1.54, 1.807) is 0 Å². The first-order chi connectivity index (χ1) is 8.06. The molecule has 0 amide bonds. The third-order valence-corrected chi connectivity index (χ3v) is 3.90. The number of nitrogens with two attached hydrogens (primary N) is 1. The molecular formula is C13H14IN3. The highest BCUT2D eigenvalue weighted by Gasteiger charge is 2.06. The lowest BCUT2D eigenvalue weighted by atomic mass is 10.1. The zero-order chi connectivity index (χ0) is 12.4. The summed E-state index contributed by atoms with van der Waals surface area (Å²) in [4.78, 5) is 8.76. The van der Waals surface area contributed by atoms with E-state index < -0.39 is 0 Å². The fourth-order valence-corrected chi connectivity index (χ4v) is 1.85. The normalized spacial score (nSPS) is 10.5. The average Bonchev–Trinajstić information content (AvgIpc) is 2.29. The van der Waals surface area contributed by atoms with Gasteiger partial charge in [-0.25, -0.2) is 9.97 Å². The Hall–Kier alpha value is -1.17. The Morgan fingerprint density at radius 1 is 1.12 bits per heavy atom. The van der Waals surface area contributed by atoms with Gasteiger partial charge in [0.25, 0.3) is 0 Å². The van der Waals surface area contributed by atoms with Gasteiger partial charge in [-0.2, -0.15) is 0 Å². The molecule has 0 aliphatic heterocycles. The summed E-state index contributed by atoms with van der Waals surface area (Å²) < 4.78 is 0.940. The van der Waals surface area contributed by atoms with Crippen molar-refractivity contribution < 1.29 is 0 Å². The highest BCUT2D eigenvalue weighted by molar-refractivity contribution is 14.1. The first kappa shape index (κ1) is 12.3. The lowest BCUT2D eigenvalue weighted by Crippen LogP contribution is -2.05. The van der Waals surface area contributed by atoms with Gasteiger partial charge in [0.2, 0.25) is 0 Å². The lowest BCUT2D eigenvalue weighted by Gasteiger charge is -2.06. The molecule has 1 aromatic heterocycles. The zero-order valence-electron chi connectivity index (χ0n) is 9.87. The molecule has 0 atom stereocenters. The van der Waals surface area contributed by atoms with Crippen LogP contribution in [0.2, 0.25) is 0 Å². The van der Waals surface area contributed by atoms with Crippen LogP contribution in [0.25, 0.3) is 0 Å². The summed E-state index contributed by atoms with van der Waals surface area (Å²) in [6.07, 6.45) is 0.724. The van der Waals surface area contributed by atoms with E-state index in [2.05, 4.69) is 63.7 Å². The van der Waals surface area contributed by atoms with E-state index in [0.717, 1.165) is 21.5 Å². The molecule has 1 heterocycles. The van der Waals surface area contributed by atoms with Gasteiger partial charge in [0.15, 0.2) is 0 Å². The second-order valence-electron chi connectivity index (χ2n) is 4.09. The number of nitrogen functional groups attached to an aromatic ring is 1. The number of aryl methyl sites for hydroxylation is 2. The molecule has 2 aromatic rings. The Balaban J connectivity index is 2.27. The quantitative estimate of drug-likeness (QED) is 0.856. The number of nitrogens with zero attached hydrogens (tertiary/aromatic N) is 2.